The fourth-order valence-electron chi connectivity index (χ4n) is 11.4. The highest BCUT2D eigenvalue weighted by Crippen LogP contribution is 2.54. The van der Waals surface area contributed by atoms with Gasteiger partial charge in [-0.05, 0) is 184 Å². The van der Waals surface area contributed by atoms with Gasteiger partial charge in [-0.2, -0.15) is 66.3 Å². The van der Waals surface area contributed by atoms with E-state index in [-0.39, 0.29) is 51.9 Å². The smallest absolute Gasteiger partial charge is 0.351 e. The monoisotopic (exact) mass is 2600 g/mol. The summed E-state index contributed by atoms with van der Waals surface area (Å²) in [5.74, 6) is -33.4. The molecule has 7 radical (unpaired) electrons. The fourth-order valence-corrected chi connectivity index (χ4v) is 12.5. The number of nitrogens with zero attached hydrogens (tertiary/aromatic N) is 5. The first-order chi connectivity index (χ1) is 64.7. The summed E-state index contributed by atoms with van der Waals surface area (Å²) < 4.78 is 304. The zero-order valence-corrected chi connectivity index (χ0v) is 86.9. The maximum atomic E-state index is 15.2. The minimum Gasteiger partial charge on any atom is -0.484 e. The summed E-state index contributed by atoms with van der Waals surface area (Å²) in [6.07, 6.45) is 2.49. The van der Waals surface area contributed by atoms with E-state index in [2.05, 4.69) is 158 Å². The second-order valence-corrected chi connectivity index (χ2v) is 33.8. The number of epoxide rings is 1. The highest BCUT2D eigenvalue weighted by Gasteiger charge is 2.62. The highest BCUT2D eigenvalue weighted by molar-refractivity contribution is 14.1. The first-order valence-corrected chi connectivity index (χ1v) is 46.3. The van der Waals surface area contributed by atoms with Crippen LogP contribution in [0.2, 0.25) is 0 Å². The van der Waals surface area contributed by atoms with Crippen LogP contribution in [0.4, 0.5) is 92.1 Å². The van der Waals surface area contributed by atoms with Crippen LogP contribution >= 0.6 is 177 Å². The number of halogens is 33. The zero-order valence-electron chi connectivity index (χ0n) is 71.4. The molecule has 11 rings (SSSR count). The number of rotatable bonds is 30. The van der Waals surface area contributed by atoms with E-state index in [4.69, 9.17) is 66.6 Å². The second kappa shape index (κ2) is 66.6. The molecule has 6 heterocycles. The lowest BCUT2D eigenvalue weighted by molar-refractivity contribution is -0.212. The molecule has 0 saturated carbocycles. The number of Topliss-reactive ketones (excluding diaryl/α,β-unsaturated/α-hetero) is 1. The number of aromatic nitrogens is 5. The van der Waals surface area contributed by atoms with Crippen molar-refractivity contribution in [1.82, 2.24) is 30.2 Å². The van der Waals surface area contributed by atoms with E-state index in [9.17, 15) is 102 Å². The van der Waals surface area contributed by atoms with Crippen molar-refractivity contribution in [3.8, 4) is 0 Å². The molecule has 54 heteroatoms. The van der Waals surface area contributed by atoms with Gasteiger partial charge in [0.2, 0.25) is 12.2 Å². The second-order valence-electron chi connectivity index (χ2n) is 26.9. The van der Waals surface area contributed by atoms with Crippen molar-refractivity contribution in [2.24, 2.45) is 5.73 Å². The Labute approximate surface area is 890 Å². The van der Waals surface area contributed by atoms with Gasteiger partial charge < -0.3 is 55.5 Å². The van der Waals surface area contributed by atoms with Crippen LogP contribution in [0.1, 0.15) is 101 Å². The largest absolute Gasteiger partial charge is 0.484 e. The van der Waals surface area contributed by atoms with E-state index in [1.807, 2.05) is 6.92 Å². The van der Waals surface area contributed by atoms with Crippen LogP contribution in [0, 0.1) is 63.6 Å². The van der Waals surface area contributed by atoms with Gasteiger partial charge in [-0.25, -0.2) is 43.9 Å². The van der Waals surface area contributed by atoms with Crippen molar-refractivity contribution >= 4 is 218 Å². The number of ether oxygens (including phenoxy) is 2. The van der Waals surface area contributed by atoms with Gasteiger partial charge in [0, 0.05) is 158 Å². The van der Waals surface area contributed by atoms with Gasteiger partial charge in [-0.3, -0.25) is 39.9 Å². The van der Waals surface area contributed by atoms with E-state index >= 15 is 26.3 Å². The number of amides is 1. The van der Waals surface area contributed by atoms with Gasteiger partial charge in [0.15, 0.2) is 34.5 Å². The maximum absolute atomic E-state index is 15.2. The number of hydrogen-bond donors (Lipinski definition) is 9. The Hall–Kier alpha value is -6.60. The molecule has 10 N–H and O–H groups in total. The van der Waals surface area contributed by atoms with Crippen LogP contribution in [0.25, 0.3) is 0 Å². The van der Waals surface area contributed by atoms with Gasteiger partial charge in [-0.15, -0.1) is 72.0 Å². The van der Waals surface area contributed by atoms with Crippen molar-refractivity contribution in [3.05, 3.63) is 345 Å². The maximum Gasteiger partial charge on any atom is 0.351 e. The van der Waals surface area contributed by atoms with E-state index in [0.29, 0.717) is 83.6 Å². The van der Waals surface area contributed by atoms with Gasteiger partial charge in [0.05, 0.1) is 47.8 Å². The lowest BCUT2D eigenvalue weighted by Gasteiger charge is -2.37. The van der Waals surface area contributed by atoms with Gasteiger partial charge in [0.25, 0.3) is 0 Å². The topological polar surface area (TPSA) is 304 Å². The number of ketones is 1. The first kappa shape index (κ1) is 139. The van der Waals surface area contributed by atoms with Crippen molar-refractivity contribution in [3.63, 3.8) is 0 Å². The molecule has 141 heavy (non-hydrogen) atoms. The normalized spacial score (nSPS) is 13.7. The molecule has 1 saturated heterocycles. The number of aliphatic hydroxyl groups is 6. The lowest BCUT2D eigenvalue weighted by Crippen LogP contribution is -2.48. The van der Waals surface area contributed by atoms with Crippen molar-refractivity contribution in [2.45, 2.75) is 110 Å². The molecular formula is C87H81B3Br6Cl5F21IN8O10. The van der Waals surface area contributed by atoms with E-state index in [0.717, 1.165) is 116 Å². The molecule has 7 unspecified atom stereocenters. The number of pyridine rings is 5. The zero-order chi connectivity index (χ0) is 106. The Bertz CT molecular complexity index is 5440. The quantitative estimate of drug-likeness (QED) is 0.00193. The van der Waals surface area contributed by atoms with Crippen molar-refractivity contribution in [2.75, 3.05) is 42.3 Å². The molecule has 0 spiro atoms. The molecule has 1 fully saturated rings. The predicted octanol–water partition coefficient (Wildman–Crippen LogP) is 24.3. The summed E-state index contributed by atoms with van der Waals surface area (Å²) in [7, 11) is 3.00. The molecule has 1 aliphatic heterocycles. The standard InChI is InChI=1S/C17H15BrF4N2O3.C16H15BrF4N2O2.C16H12BrF4NO2.C16H12BrF4NO.C13H6BrF4NO.C3H5Br.C3H7NO.2CH2Cl2.CH4.BF.BI.B.ClH/c18-10-1-4-15(24-7-10)17(21,22)16(27,6-12(26)8-23-9-25)13-3-2-11(19)5-14(13)20;17-9-1-4-14(23-8-9)16(20,21)15(25,6-11(24)7-22)12-3-2-10(18)5-13(12)19;17-9-1-4-14(22-7-9)16(20,21)15(23,6-11-8-24-11)12-3-2-10(18)5-13(12)19;1-2-7-15(23,12-5-4-11(18)8-13(12)19)16(20,21)14-6-3-10(17)9-22-14;14-7-1-4-11(19-6-7)13(17,18)12(20)9-3-2-8(15)5-10(9)16;1-2-3-4;1-2-5-3-4;2*2-1-3;;2*1-2;;/h1-5,7,9,12,26-27H,6,8H2,(H,23,25);1-5,8,11,24-25H,6-7,22H2;1-5,7,11,23H,6,8H2;2-6,8-9,23H,1,7H2;1-6H;2H,1,3H2;3-4H,2H2,1H3;2*1H2;1H4;;;;1H. The van der Waals surface area contributed by atoms with Crippen LogP contribution in [-0.4, -0.2) is 157 Å². The number of aliphatic hydroxyl groups excluding tert-OH is 2. The molecule has 18 nitrogen and oxygen atoms in total. The number of alkyl halides is 15. The number of hydrogen-bond acceptors (Lipinski definition) is 17. The summed E-state index contributed by atoms with van der Waals surface area (Å²) in [6, 6.07) is 20.8. The van der Waals surface area contributed by atoms with E-state index in [1.165, 1.54) is 30.3 Å². The SMILES string of the molecule is C.C=CCBr.C=CCC(O)(c1ccc(F)cc1F)C(F)(F)c1ccc(Br)cn1.CCOC=N.Cl.ClCCl.ClCCl.NCC(O)CC(O)(c1ccc(F)cc1F)C(F)(F)c1ccc(Br)cn1.O=C(c1ccc(F)cc1F)C(F)(F)c1ccc(Br)cn1.O=CNCC(O)CC(O)(c1ccc(F)cc1F)C(F)(F)c1ccc(Br)cn1.OC(CC1CO1)(c1ccc(F)cc1F)C(F)(F)c1ccc(Br)cn1.[B].[B]F.[B]I. The Morgan fingerprint density at radius 1 is 0.518 bits per heavy atom. The summed E-state index contributed by atoms with van der Waals surface area (Å²) in [5, 5.41) is 72.2. The summed E-state index contributed by atoms with van der Waals surface area (Å²) >= 11 is 39.1. The molecule has 7 atom stereocenters. The predicted molar refractivity (Wildman–Crippen MR) is 528 cm³/mol. The minimum absolute atomic E-state index is 0. The average Bonchev–Trinajstić information content (AvgIpc) is 1.54. The highest BCUT2D eigenvalue weighted by atomic mass is 127. The number of nitrogens with one attached hydrogen (secondary N) is 2. The minimum atomic E-state index is -4.16. The molecule has 769 valence electrons. The Balaban J connectivity index is -0.00000161. The number of carbonyl (C=O) groups is 2. The molecule has 0 bridgehead atoms. The molecule has 1 amide bonds. The molecular weight excluding hydrogens is 2530 g/mol. The van der Waals surface area contributed by atoms with E-state index < -0.39 is 229 Å². The van der Waals surface area contributed by atoms with Gasteiger partial charge >= 0.3 is 37.7 Å². The third kappa shape index (κ3) is 40.2. The third-order valence-electron chi connectivity index (χ3n) is 17.8. The fraction of sp³-hybridized carbons (Fsp3) is 0.287. The molecule has 5 aromatic carbocycles. The van der Waals surface area contributed by atoms with Crippen LogP contribution < -0.4 is 11.1 Å². The van der Waals surface area contributed by atoms with Crippen LogP contribution in [0.15, 0.2) is 230 Å². The lowest BCUT2D eigenvalue weighted by atomic mass is 9.80. The number of nitrogens with two attached hydrogens (primary N) is 1. The molecule has 1 aliphatic rings. The van der Waals surface area contributed by atoms with Crippen LogP contribution in [-0.2, 0) is 66.3 Å². The number of benzene rings is 5. The molecule has 5 aromatic heterocycles. The number of carbonyl (C=O) groups excluding carboxylic acids is 2. The van der Waals surface area contributed by atoms with Gasteiger partial charge in [-0.1, -0.05) is 59.8 Å². The van der Waals surface area contributed by atoms with Crippen molar-refractivity contribution < 1.29 is 142 Å². The van der Waals surface area contributed by atoms with Crippen molar-refractivity contribution in [1.29, 1.82) is 5.41 Å². The van der Waals surface area contributed by atoms with Crippen LogP contribution in [0.5, 0.6) is 0 Å². The average molecular weight is 2610 g/mol. The Morgan fingerprint density at radius 2 is 0.787 bits per heavy atom. The molecule has 0 aliphatic carbocycles. The Kier molecular flexibility index (Phi) is 65.4. The van der Waals surface area contributed by atoms with E-state index in [1.54, 1.807) is 28.5 Å². The molecule has 10 aromatic rings. The number of allylic oxidation sites excluding steroid dienone is 1. The van der Waals surface area contributed by atoms with Crippen LogP contribution in [0.3, 0.4) is 0 Å². The summed E-state index contributed by atoms with van der Waals surface area (Å²) in [6.45, 7) is 8.49. The summed E-state index contributed by atoms with van der Waals surface area (Å²) in [5.41, 5.74) is -10.7. The third-order valence-corrected chi connectivity index (χ3v) is 20.6. The Morgan fingerprint density at radius 3 is 1.03 bits per heavy atom. The first-order valence-electron chi connectivity index (χ1n) is 37.8. The summed E-state index contributed by atoms with van der Waals surface area (Å²) in [4.78, 5) is 39.8. The van der Waals surface area contributed by atoms with Gasteiger partial charge in [0.1, 0.15) is 86.6 Å².